The molecule has 2 saturated heterocycles. The third kappa shape index (κ3) is 9.89. The van der Waals surface area contributed by atoms with E-state index in [4.69, 9.17) is 55.2 Å². The van der Waals surface area contributed by atoms with Gasteiger partial charge in [-0.2, -0.15) is 19.6 Å². The summed E-state index contributed by atoms with van der Waals surface area (Å²) in [5, 5.41) is 37.4. The van der Waals surface area contributed by atoms with Gasteiger partial charge in [0.15, 0.2) is 36.6 Å². The number of likely N-dealkylation sites (N-methyl/N-ethyl adjacent to an activating group) is 2. The van der Waals surface area contributed by atoms with Crippen LogP contribution in [0.3, 0.4) is 0 Å². The molecule has 0 aliphatic carbocycles. The summed E-state index contributed by atoms with van der Waals surface area (Å²) < 4.78 is 73.9. The predicted octanol–water partition coefficient (Wildman–Crippen LogP) is 7.36. The number of piperazine rings is 2. The first kappa shape index (κ1) is 57.7. The molecule has 4 bridgehead atoms. The van der Waals surface area contributed by atoms with Gasteiger partial charge in [0.1, 0.15) is 48.3 Å². The third-order valence-corrected chi connectivity index (χ3v) is 18.5. The van der Waals surface area contributed by atoms with E-state index in [1.807, 2.05) is 13.8 Å². The Morgan fingerprint density at radius 2 is 1.06 bits per heavy atom. The fourth-order valence-electron chi connectivity index (χ4n) is 15.0. The molecule has 8 aliphatic heterocycles. The summed E-state index contributed by atoms with van der Waals surface area (Å²) in [5.74, 6) is 5.76. The van der Waals surface area contributed by atoms with Gasteiger partial charge in [-0.25, -0.2) is 12.5 Å². The van der Waals surface area contributed by atoms with E-state index in [0.717, 1.165) is 89.8 Å². The highest BCUT2D eigenvalue weighted by Crippen LogP contribution is 2.60. The largest absolute Gasteiger partial charge is 0.489 e. The average molecular weight is 1180 g/mol. The molecule has 2 fully saturated rings. The van der Waals surface area contributed by atoms with Crippen molar-refractivity contribution in [1.29, 1.82) is 13.3 Å². The first-order chi connectivity index (χ1) is 41.0. The topological polar surface area (TPSA) is 193 Å². The summed E-state index contributed by atoms with van der Waals surface area (Å²) in [7, 11) is 9.66. The summed E-state index contributed by atoms with van der Waals surface area (Å²) in [6.45, 7) is 21.1. The maximum atomic E-state index is 11.0. The van der Waals surface area contributed by atoms with Crippen LogP contribution in [-0.2, 0) is 35.2 Å². The first-order valence-corrected chi connectivity index (χ1v) is 29.4. The van der Waals surface area contributed by atoms with Crippen molar-refractivity contribution >= 4 is 27.8 Å². The standard InChI is InChI=1S/2C31H37N3O6.BH4PS/c2*1-7-8-37-28-18(4)30-31(40-15-39-30)26-20(28)11-22-27-25-19(9-16(2)17(3)29(25)38-14-36-6)10-21(33(27)5)23(12-32)34(22)24(26)13-35;2-1-3/h2*7,9,21-24,27,35H,1,8,10-11,13-15H2,2-6H3;1,3H,2H2/t2*21-,22?,23-,24-,27-;/m00./s1/i35T;;1D. The van der Waals surface area contributed by atoms with Crippen LogP contribution in [0.2, 0.25) is 0 Å². The Balaban J connectivity index is 0.000000178. The van der Waals surface area contributed by atoms with Crippen molar-refractivity contribution < 1.29 is 57.6 Å². The quantitative estimate of drug-likeness (QED) is 0.0351. The number of hydrogen-bond donors (Lipinski definition) is 3. The summed E-state index contributed by atoms with van der Waals surface area (Å²) >= 11 is 3.60. The van der Waals surface area contributed by atoms with E-state index < -0.39 is 24.2 Å². The van der Waals surface area contributed by atoms with Crippen molar-refractivity contribution in [2.75, 3.05) is 81.9 Å². The molecule has 8 aliphatic rings. The molecule has 4 aromatic carbocycles. The number of nitrogens with zero attached hydrogens (tertiary/aromatic N) is 6. The van der Waals surface area contributed by atoms with Gasteiger partial charge in [0.25, 0.3) is 0 Å². The first-order valence-electron chi connectivity index (χ1n) is 29.2. The van der Waals surface area contributed by atoms with Crippen LogP contribution in [0.5, 0.6) is 46.0 Å². The Morgan fingerprint density at radius 1 is 0.663 bits per heavy atom. The molecule has 8 heterocycles. The molecule has 83 heavy (non-hydrogen) atoms. The number of nitriles is 2. The van der Waals surface area contributed by atoms with Crippen molar-refractivity contribution in [2.24, 2.45) is 0 Å². The van der Waals surface area contributed by atoms with E-state index in [0.29, 0.717) is 61.9 Å². The van der Waals surface area contributed by atoms with E-state index in [1.54, 1.807) is 26.4 Å². The molecule has 18 nitrogen and oxygen atoms in total. The summed E-state index contributed by atoms with van der Waals surface area (Å²) in [6.07, 6.45) is 5.76. The lowest BCUT2D eigenvalue weighted by Crippen LogP contribution is -2.68. The highest BCUT2D eigenvalue weighted by molar-refractivity contribution is 8.20. The minimum Gasteiger partial charge on any atom is -0.489 e. The highest BCUT2D eigenvalue weighted by atomic mass is 32.1. The van der Waals surface area contributed by atoms with Gasteiger partial charge in [0, 0.05) is 82.9 Å². The number of aliphatic hydroxyl groups is 2. The summed E-state index contributed by atoms with van der Waals surface area (Å²) in [6, 6.07) is 7.47. The molecule has 12 rings (SSSR count). The van der Waals surface area contributed by atoms with Gasteiger partial charge in [-0.1, -0.05) is 37.4 Å². The van der Waals surface area contributed by atoms with Crippen LogP contribution in [0, 0.1) is 64.2 Å². The second kappa shape index (κ2) is 25.1. The molecule has 0 saturated carbocycles. The van der Waals surface area contributed by atoms with Crippen LogP contribution in [0.4, 0.5) is 0 Å². The van der Waals surface area contributed by atoms with E-state index in [1.165, 1.54) is 11.1 Å². The SMILES string of the molecule is C=CCOc1c(C)c2c(c3c1CC1[C@H]4c5c(cc(C)c(C)c5OCOC)C[C@@H]([C@H](C#N)N1[C@H]3CO)N4C)OCO2.[2H]B(P)S.[3H]OC[C@H]1c2c(c(OCC=C)c(C)c3c2OCO3)CC2[C@H]3c4c(cc(C)c(C)c4OCOC)C[C@@H]([C@H](C#N)N21)N3C. The molecule has 11 atom stereocenters. The van der Waals surface area contributed by atoms with Crippen molar-refractivity contribution in [3.05, 3.63) is 115 Å². The Hall–Kier alpha value is -5.74. The molecular weight excluding hydrogens is 1090 g/mol. The number of rotatable bonds is 15. The molecule has 0 amide bonds. The molecule has 0 spiro atoms. The maximum Gasteiger partial charge on any atom is 0.231 e. The summed E-state index contributed by atoms with van der Waals surface area (Å²) in [5.41, 5.74) is 14.6. The Morgan fingerprint density at radius 3 is 1.42 bits per heavy atom. The van der Waals surface area contributed by atoms with Gasteiger partial charge in [-0.15, -0.1) is 0 Å². The lowest BCUT2D eigenvalue weighted by molar-refractivity contribution is -0.0831. The maximum absolute atomic E-state index is 11.0. The van der Waals surface area contributed by atoms with Crippen LogP contribution < -0.4 is 37.9 Å². The monoisotopic (exact) mass is 1180 g/mol. The third-order valence-electron chi connectivity index (χ3n) is 18.5. The van der Waals surface area contributed by atoms with Crippen LogP contribution in [0.25, 0.3) is 0 Å². The van der Waals surface area contributed by atoms with Crippen molar-refractivity contribution in [1.82, 2.24) is 19.6 Å². The lowest BCUT2D eigenvalue weighted by atomic mass is 9.71. The molecule has 21 heteroatoms. The van der Waals surface area contributed by atoms with Gasteiger partial charge in [0.2, 0.25) is 21.3 Å². The zero-order chi connectivity index (χ0) is 60.9. The number of aliphatic hydroxyl groups excluding tert-OH is 2. The van der Waals surface area contributed by atoms with E-state index in [2.05, 4.69) is 120 Å². The number of fused-ring (bicyclic) bond motifs is 18. The minimum atomic E-state index is -0.462. The fourth-order valence-corrected chi connectivity index (χ4v) is 15.0. The molecule has 3 unspecified atom stereocenters. The molecule has 0 aromatic heterocycles. The van der Waals surface area contributed by atoms with E-state index in [9.17, 15) is 15.6 Å². The van der Waals surface area contributed by atoms with Crippen molar-refractivity contribution in [3.63, 3.8) is 0 Å². The number of aryl methyl sites for hydroxylation is 2. The van der Waals surface area contributed by atoms with Crippen molar-refractivity contribution in [2.45, 2.75) is 128 Å². The van der Waals surface area contributed by atoms with E-state index in [-0.39, 0.29) is 82.9 Å². The highest BCUT2D eigenvalue weighted by Gasteiger charge is 2.59. The lowest BCUT2D eigenvalue weighted by Gasteiger charge is -2.60. The smallest absolute Gasteiger partial charge is 0.231 e. The number of thiol groups is 1. The normalized spacial score (nSPS) is 25.9. The van der Waals surface area contributed by atoms with Gasteiger partial charge in [-0.05, 0) is 116 Å². The Labute approximate surface area is 499 Å². The molecule has 0 radical (unpaired) electrons. The molecule has 442 valence electrons. The molecule has 2 N–H and O–H groups in total. The van der Waals surface area contributed by atoms with Gasteiger partial charge in [-0.3, -0.25) is 19.6 Å². The number of methoxy groups -OCH3 is 2. The average Bonchev–Trinajstić information content (AvgIpc) is 1.03. The van der Waals surface area contributed by atoms with Crippen LogP contribution in [0.15, 0.2) is 37.4 Å². The van der Waals surface area contributed by atoms with Gasteiger partial charge >= 0.3 is 0 Å². The zero-order valence-electron chi connectivity index (χ0n) is 51.2. The second-order valence-corrected chi connectivity index (χ2v) is 23.6. The Kier molecular flexibility index (Phi) is 17.4. The van der Waals surface area contributed by atoms with Crippen LogP contribution in [-0.4, -0.2) is 157 Å². The number of benzene rings is 4. The fraction of sp³-hybridized carbons (Fsp3) is 0.516. The summed E-state index contributed by atoms with van der Waals surface area (Å²) in [4.78, 5) is 9.18. The zero-order valence-corrected chi connectivity index (χ0v) is 51.3. The number of ether oxygens (including phenoxy) is 10. The van der Waals surface area contributed by atoms with Crippen LogP contribution >= 0.6 is 21.6 Å². The van der Waals surface area contributed by atoms with Crippen molar-refractivity contribution in [3.8, 4) is 58.1 Å². The second-order valence-electron chi connectivity index (χ2n) is 22.4. The van der Waals surface area contributed by atoms with E-state index >= 15 is 0 Å². The van der Waals surface area contributed by atoms with Gasteiger partial charge < -0.3 is 57.6 Å². The molecular formula is C62H78BN6O12PS. The van der Waals surface area contributed by atoms with Gasteiger partial charge in [0.05, 0.1) is 49.5 Å². The molecule has 4 aromatic rings. The Bertz CT molecular complexity index is 3330. The minimum absolute atomic E-state index is 0.0566. The number of hydrogen-bond acceptors (Lipinski definition) is 19. The van der Waals surface area contributed by atoms with Crippen LogP contribution in [0.1, 0.15) is 102 Å². The predicted molar refractivity (Wildman–Crippen MR) is 322 cm³/mol.